The molecule has 0 atom stereocenters. The number of piperazine rings is 1. The van der Waals surface area contributed by atoms with Gasteiger partial charge in [0.1, 0.15) is 5.82 Å². The van der Waals surface area contributed by atoms with Gasteiger partial charge in [0.2, 0.25) is 5.56 Å². The Labute approximate surface area is 181 Å². The normalized spacial score (nSPS) is 14.9. The second-order valence-electron chi connectivity index (χ2n) is 8.06. The number of anilines is 2. The lowest BCUT2D eigenvalue weighted by Gasteiger charge is -2.35. The SMILES string of the molecule is O=c1cc(NCCCN2CCN(c3nccc4ccccc34)CC2)c2ccccc2[nH]1. The molecule has 5 rings (SSSR count). The summed E-state index contributed by atoms with van der Waals surface area (Å²) < 4.78 is 0. The highest BCUT2D eigenvalue weighted by Crippen LogP contribution is 2.25. The van der Waals surface area contributed by atoms with Gasteiger partial charge in [-0.05, 0) is 30.5 Å². The first kappa shape index (κ1) is 19.6. The summed E-state index contributed by atoms with van der Waals surface area (Å²) in [5.41, 5.74) is 1.71. The number of para-hydroxylation sites is 1. The van der Waals surface area contributed by atoms with Crippen molar-refractivity contribution in [3.63, 3.8) is 0 Å². The fourth-order valence-electron chi connectivity index (χ4n) is 4.42. The van der Waals surface area contributed by atoms with Crippen LogP contribution in [-0.2, 0) is 0 Å². The maximum absolute atomic E-state index is 11.9. The highest BCUT2D eigenvalue weighted by atomic mass is 16.1. The van der Waals surface area contributed by atoms with E-state index in [-0.39, 0.29) is 5.56 Å². The molecule has 1 aliphatic heterocycles. The lowest BCUT2D eigenvalue weighted by atomic mass is 10.1. The van der Waals surface area contributed by atoms with E-state index < -0.39 is 0 Å². The number of hydrogen-bond acceptors (Lipinski definition) is 5. The van der Waals surface area contributed by atoms with Crippen LogP contribution >= 0.6 is 0 Å². The van der Waals surface area contributed by atoms with Crippen LogP contribution < -0.4 is 15.8 Å². The molecule has 158 valence electrons. The molecular weight excluding hydrogens is 386 g/mol. The largest absolute Gasteiger partial charge is 0.384 e. The van der Waals surface area contributed by atoms with Crippen molar-refractivity contribution in [1.29, 1.82) is 0 Å². The number of pyridine rings is 2. The van der Waals surface area contributed by atoms with E-state index in [1.165, 1.54) is 10.8 Å². The predicted octanol–water partition coefficient (Wildman–Crippen LogP) is 3.70. The highest BCUT2D eigenvalue weighted by Gasteiger charge is 2.19. The molecule has 1 saturated heterocycles. The van der Waals surface area contributed by atoms with E-state index in [9.17, 15) is 4.79 Å². The van der Waals surface area contributed by atoms with Crippen molar-refractivity contribution in [2.24, 2.45) is 0 Å². The fourth-order valence-corrected chi connectivity index (χ4v) is 4.42. The molecule has 4 aromatic rings. The van der Waals surface area contributed by atoms with Gasteiger partial charge in [0.15, 0.2) is 0 Å². The van der Waals surface area contributed by atoms with Crippen LogP contribution in [0.3, 0.4) is 0 Å². The van der Waals surface area contributed by atoms with Crippen LogP contribution in [0.2, 0.25) is 0 Å². The summed E-state index contributed by atoms with van der Waals surface area (Å²) in [4.78, 5) is 24.4. The number of nitrogens with one attached hydrogen (secondary N) is 2. The van der Waals surface area contributed by atoms with E-state index >= 15 is 0 Å². The van der Waals surface area contributed by atoms with E-state index in [0.29, 0.717) is 0 Å². The Morgan fingerprint density at radius 1 is 0.935 bits per heavy atom. The zero-order chi connectivity index (χ0) is 21.0. The number of aromatic nitrogens is 2. The van der Waals surface area contributed by atoms with Gasteiger partial charge < -0.3 is 15.2 Å². The molecule has 0 radical (unpaired) electrons. The predicted molar refractivity (Wildman–Crippen MR) is 128 cm³/mol. The number of H-pyrrole nitrogens is 1. The van der Waals surface area contributed by atoms with Gasteiger partial charge in [0, 0.05) is 61.4 Å². The summed E-state index contributed by atoms with van der Waals surface area (Å²) in [6, 6.07) is 20.1. The molecule has 0 aliphatic carbocycles. The van der Waals surface area contributed by atoms with Gasteiger partial charge in [-0.2, -0.15) is 0 Å². The molecule has 2 aromatic carbocycles. The number of benzene rings is 2. The van der Waals surface area contributed by atoms with Crippen LogP contribution in [0.15, 0.2) is 71.7 Å². The molecule has 1 fully saturated rings. The summed E-state index contributed by atoms with van der Waals surface area (Å²) in [6.45, 7) is 5.96. The van der Waals surface area contributed by atoms with E-state index in [0.717, 1.165) is 68.1 Å². The van der Waals surface area contributed by atoms with Gasteiger partial charge >= 0.3 is 0 Å². The standard InChI is InChI=1S/C25H27N5O/c31-24-18-23(21-8-3-4-9-22(21)28-24)26-11-5-13-29-14-16-30(17-15-29)25-20-7-2-1-6-19(20)10-12-27-25/h1-4,6-10,12,18H,5,11,13-17H2,(H2,26,28,31). The molecule has 0 spiro atoms. The van der Waals surface area contributed by atoms with Crippen LogP contribution in [0.1, 0.15) is 6.42 Å². The lowest BCUT2D eigenvalue weighted by molar-refractivity contribution is 0.257. The Kier molecular flexibility index (Phi) is 5.54. The summed E-state index contributed by atoms with van der Waals surface area (Å²) in [7, 11) is 0. The van der Waals surface area contributed by atoms with E-state index in [2.05, 4.69) is 55.4 Å². The topological polar surface area (TPSA) is 64.3 Å². The van der Waals surface area contributed by atoms with E-state index in [1.54, 1.807) is 6.07 Å². The first-order valence-corrected chi connectivity index (χ1v) is 10.9. The molecule has 31 heavy (non-hydrogen) atoms. The third-order valence-corrected chi connectivity index (χ3v) is 6.04. The number of rotatable bonds is 6. The summed E-state index contributed by atoms with van der Waals surface area (Å²) in [6.07, 6.45) is 2.95. The summed E-state index contributed by atoms with van der Waals surface area (Å²) >= 11 is 0. The van der Waals surface area contributed by atoms with Crippen molar-refractivity contribution < 1.29 is 0 Å². The molecule has 6 nitrogen and oxygen atoms in total. The third-order valence-electron chi connectivity index (χ3n) is 6.04. The molecule has 0 saturated carbocycles. The van der Waals surface area contributed by atoms with E-state index in [4.69, 9.17) is 0 Å². The Hall–Kier alpha value is -3.38. The molecule has 0 unspecified atom stereocenters. The molecule has 1 aliphatic rings. The Balaban J connectivity index is 1.14. The van der Waals surface area contributed by atoms with Crippen molar-refractivity contribution in [2.45, 2.75) is 6.42 Å². The molecular formula is C25H27N5O. The van der Waals surface area contributed by atoms with Crippen molar-refractivity contribution in [1.82, 2.24) is 14.9 Å². The average molecular weight is 414 g/mol. The maximum atomic E-state index is 11.9. The van der Waals surface area contributed by atoms with Gasteiger partial charge in [-0.3, -0.25) is 9.69 Å². The molecule has 0 amide bonds. The van der Waals surface area contributed by atoms with Crippen molar-refractivity contribution in [3.8, 4) is 0 Å². The second-order valence-corrected chi connectivity index (χ2v) is 8.06. The quantitative estimate of drug-likeness (QED) is 0.472. The van der Waals surface area contributed by atoms with Gasteiger partial charge in [-0.25, -0.2) is 4.98 Å². The zero-order valence-electron chi connectivity index (χ0n) is 17.6. The summed E-state index contributed by atoms with van der Waals surface area (Å²) in [5, 5.41) is 6.98. The van der Waals surface area contributed by atoms with Crippen molar-refractivity contribution in [2.75, 3.05) is 49.5 Å². The van der Waals surface area contributed by atoms with Gasteiger partial charge in [-0.1, -0.05) is 42.5 Å². The maximum Gasteiger partial charge on any atom is 0.250 e. The van der Waals surface area contributed by atoms with Crippen LogP contribution in [0.4, 0.5) is 11.5 Å². The Bertz CT molecular complexity index is 1240. The molecule has 0 bridgehead atoms. The first-order chi connectivity index (χ1) is 15.3. The average Bonchev–Trinajstić information content (AvgIpc) is 2.82. The van der Waals surface area contributed by atoms with E-state index in [1.807, 2.05) is 30.5 Å². The van der Waals surface area contributed by atoms with Gasteiger partial charge in [-0.15, -0.1) is 0 Å². The number of hydrogen-bond donors (Lipinski definition) is 2. The smallest absolute Gasteiger partial charge is 0.250 e. The first-order valence-electron chi connectivity index (χ1n) is 10.9. The lowest BCUT2D eigenvalue weighted by Crippen LogP contribution is -2.47. The minimum absolute atomic E-state index is 0.0700. The van der Waals surface area contributed by atoms with Crippen LogP contribution in [0.25, 0.3) is 21.7 Å². The molecule has 3 heterocycles. The fraction of sp³-hybridized carbons (Fsp3) is 0.280. The molecule has 2 aromatic heterocycles. The number of aromatic amines is 1. The zero-order valence-corrected chi connectivity index (χ0v) is 17.6. The minimum Gasteiger partial charge on any atom is -0.384 e. The third kappa shape index (κ3) is 4.25. The summed E-state index contributed by atoms with van der Waals surface area (Å²) in [5.74, 6) is 1.10. The van der Waals surface area contributed by atoms with Gasteiger partial charge in [0.05, 0.1) is 5.52 Å². The van der Waals surface area contributed by atoms with Gasteiger partial charge in [0.25, 0.3) is 0 Å². The molecule has 2 N–H and O–H groups in total. The van der Waals surface area contributed by atoms with Crippen LogP contribution in [0.5, 0.6) is 0 Å². The van der Waals surface area contributed by atoms with Crippen molar-refractivity contribution in [3.05, 3.63) is 77.2 Å². The van der Waals surface area contributed by atoms with Crippen molar-refractivity contribution >= 4 is 33.2 Å². The Morgan fingerprint density at radius 3 is 2.58 bits per heavy atom. The monoisotopic (exact) mass is 413 g/mol. The number of fused-ring (bicyclic) bond motifs is 2. The highest BCUT2D eigenvalue weighted by molar-refractivity contribution is 5.92. The second kappa shape index (κ2) is 8.78. The Morgan fingerprint density at radius 2 is 1.71 bits per heavy atom. The van der Waals surface area contributed by atoms with Crippen LogP contribution in [-0.4, -0.2) is 54.1 Å². The minimum atomic E-state index is -0.0700. The van der Waals surface area contributed by atoms with Crippen LogP contribution in [0, 0.1) is 0 Å². The number of nitrogens with zero attached hydrogens (tertiary/aromatic N) is 3. The molecule has 6 heteroatoms.